The van der Waals surface area contributed by atoms with Crippen molar-refractivity contribution in [1.29, 1.82) is 0 Å². The number of rotatable bonds is 7. The number of fused-ring (bicyclic) bond motifs is 1. The Morgan fingerprint density at radius 2 is 1.89 bits per heavy atom. The summed E-state index contributed by atoms with van der Waals surface area (Å²) in [6.45, 7) is 5.24. The van der Waals surface area contributed by atoms with Crippen LogP contribution in [0.5, 0.6) is 0 Å². The molecule has 2 aromatic heterocycles. The van der Waals surface area contributed by atoms with E-state index < -0.39 is 0 Å². The fourth-order valence-corrected chi connectivity index (χ4v) is 3.20. The Morgan fingerprint density at radius 1 is 1.19 bits per heavy atom. The van der Waals surface area contributed by atoms with Crippen LogP contribution in [0.15, 0.2) is 35.3 Å². The number of hydrogen-bond acceptors (Lipinski definition) is 5. The second-order valence-corrected chi connectivity index (χ2v) is 6.90. The number of pyridine rings is 1. The van der Waals surface area contributed by atoms with Gasteiger partial charge in [0.15, 0.2) is 0 Å². The molecule has 0 saturated carbocycles. The summed E-state index contributed by atoms with van der Waals surface area (Å²) < 4.78 is 1.69. The third-order valence-corrected chi connectivity index (χ3v) is 4.79. The lowest BCUT2D eigenvalue weighted by atomic mass is 10.1. The van der Waals surface area contributed by atoms with Crippen molar-refractivity contribution in [3.8, 4) is 0 Å². The average molecular weight is 386 g/mol. The summed E-state index contributed by atoms with van der Waals surface area (Å²) in [5.74, 6) is 1.14. The molecule has 27 heavy (non-hydrogen) atoms. The van der Waals surface area contributed by atoms with E-state index in [1.54, 1.807) is 4.57 Å². The number of nitrogen functional groups attached to an aromatic ring is 1. The van der Waals surface area contributed by atoms with E-state index in [1.807, 2.05) is 37.4 Å². The molecule has 0 aliphatic heterocycles. The van der Waals surface area contributed by atoms with Crippen LogP contribution in [0.2, 0.25) is 0 Å². The first kappa shape index (κ1) is 19.2. The van der Waals surface area contributed by atoms with E-state index in [0.29, 0.717) is 29.1 Å². The number of nitrogens with two attached hydrogens (primary N) is 1. The largest absolute Gasteiger partial charge is 0.369 e. The maximum atomic E-state index is 13.2. The molecule has 3 aromatic rings. The topological polar surface area (TPSA) is 85.8 Å². The van der Waals surface area contributed by atoms with E-state index in [4.69, 9.17) is 17.3 Å². The van der Waals surface area contributed by atoms with Gasteiger partial charge in [0.2, 0.25) is 5.95 Å². The summed E-state index contributed by atoms with van der Waals surface area (Å²) in [4.78, 5) is 21.7. The van der Waals surface area contributed by atoms with Crippen LogP contribution in [0.3, 0.4) is 0 Å². The Labute approximate surface area is 163 Å². The van der Waals surface area contributed by atoms with E-state index in [1.165, 1.54) is 0 Å². The number of aryl methyl sites for hydroxylation is 1. The standard InChI is InChI=1S/C20H24ClN5O/c1-3-4-9-23-18-16-17(24-20(22)25-18)13(2)11-26(19(16)27)12-15-7-5-14(10-21)6-8-15/h5-8,11H,3-4,9-10,12H2,1-2H3,(H3,22,23,24,25). The van der Waals surface area contributed by atoms with Crippen LogP contribution >= 0.6 is 11.6 Å². The van der Waals surface area contributed by atoms with Gasteiger partial charge in [-0.3, -0.25) is 4.79 Å². The van der Waals surface area contributed by atoms with E-state index in [-0.39, 0.29) is 11.5 Å². The third-order valence-electron chi connectivity index (χ3n) is 4.48. The fourth-order valence-electron chi connectivity index (χ4n) is 3.02. The molecule has 0 radical (unpaired) electrons. The van der Waals surface area contributed by atoms with Gasteiger partial charge in [-0.25, -0.2) is 4.98 Å². The molecule has 2 heterocycles. The second kappa shape index (κ2) is 8.39. The summed E-state index contributed by atoms with van der Waals surface area (Å²) in [6, 6.07) is 7.93. The Hall–Kier alpha value is -2.60. The van der Waals surface area contributed by atoms with Crippen LogP contribution in [-0.4, -0.2) is 21.1 Å². The summed E-state index contributed by atoms with van der Waals surface area (Å²) in [5, 5.41) is 3.73. The molecule has 142 valence electrons. The van der Waals surface area contributed by atoms with Gasteiger partial charge in [-0.05, 0) is 30.0 Å². The number of unbranched alkanes of at least 4 members (excludes halogenated alkanes) is 1. The van der Waals surface area contributed by atoms with Crippen LogP contribution < -0.4 is 16.6 Å². The molecule has 0 unspecified atom stereocenters. The lowest BCUT2D eigenvalue weighted by Crippen LogP contribution is -2.23. The van der Waals surface area contributed by atoms with Crippen LogP contribution in [0, 0.1) is 6.92 Å². The Kier molecular flexibility index (Phi) is 5.96. The van der Waals surface area contributed by atoms with Crippen molar-refractivity contribution in [2.75, 3.05) is 17.6 Å². The molecule has 0 fully saturated rings. The highest BCUT2D eigenvalue weighted by Crippen LogP contribution is 2.21. The highest BCUT2D eigenvalue weighted by atomic mass is 35.5. The highest BCUT2D eigenvalue weighted by Gasteiger charge is 2.15. The van der Waals surface area contributed by atoms with E-state index in [0.717, 1.165) is 36.1 Å². The van der Waals surface area contributed by atoms with Gasteiger partial charge in [-0.15, -0.1) is 11.6 Å². The van der Waals surface area contributed by atoms with Gasteiger partial charge in [0, 0.05) is 18.6 Å². The van der Waals surface area contributed by atoms with Gasteiger partial charge in [0.05, 0.1) is 12.1 Å². The smallest absolute Gasteiger partial charge is 0.264 e. The Morgan fingerprint density at radius 3 is 2.56 bits per heavy atom. The Balaban J connectivity index is 2.06. The maximum absolute atomic E-state index is 13.2. The number of nitrogens with one attached hydrogen (secondary N) is 1. The number of halogens is 1. The number of benzene rings is 1. The molecule has 0 spiro atoms. The fraction of sp³-hybridized carbons (Fsp3) is 0.350. The van der Waals surface area contributed by atoms with Crippen molar-refractivity contribution in [3.63, 3.8) is 0 Å². The predicted octanol–water partition coefficient (Wildman–Crippen LogP) is 3.68. The molecule has 7 heteroatoms. The number of alkyl halides is 1. The zero-order chi connectivity index (χ0) is 19.4. The first-order valence-electron chi connectivity index (χ1n) is 9.08. The van der Waals surface area contributed by atoms with Gasteiger partial charge < -0.3 is 15.6 Å². The summed E-state index contributed by atoms with van der Waals surface area (Å²) >= 11 is 5.85. The van der Waals surface area contributed by atoms with Crippen molar-refractivity contribution >= 4 is 34.3 Å². The van der Waals surface area contributed by atoms with Crippen LogP contribution in [0.1, 0.15) is 36.5 Å². The van der Waals surface area contributed by atoms with Gasteiger partial charge in [0.25, 0.3) is 5.56 Å². The van der Waals surface area contributed by atoms with Crippen molar-refractivity contribution in [2.24, 2.45) is 0 Å². The molecule has 3 rings (SSSR count). The average Bonchev–Trinajstić information content (AvgIpc) is 2.66. The van der Waals surface area contributed by atoms with Gasteiger partial charge in [-0.1, -0.05) is 37.6 Å². The number of aromatic nitrogens is 3. The van der Waals surface area contributed by atoms with E-state index in [2.05, 4.69) is 22.2 Å². The van der Waals surface area contributed by atoms with E-state index in [9.17, 15) is 4.79 Å². The van der Waals surface area contributed by atoms with Crippen molar-refractivity contribution < 1.29 is 0 Å². The number of hydrogen-bond donors (Lipinski definition) is 2. The number of anilines is 2. The molecule has 1 aromatic carbocycles. The minimum Gasteiger partial charge on any atom is -0.369 e. The van der Waals surface area contributed by atoms with Gasteiger partial charge >= 0.3 is 0 Å². The molecule has 0 aliphatic carbocycles. The maximum Gasteiger partial charge on any atom is 0.264 e. The second-order valence-electron chi connectivity index (χ2n) is 6.63. The third kappa shape index (κ3) is 4.22. The van der Waals surface area contributed by atoms with Crippen LogP contribution in [0.25, 0.3) is 10.9 Å². The van der Waals surface area contributed by atoms with Gasteiger partial charge in [0.1, 0.15) is 11.2 Å². The molecule has 0 aliphatic rings. The SMILES string of the molecule is CCCCNc1nc(N)nc2c(C)cn(Cc3ccc(CCl)cc3)c(=O)c12. The molecule has 0 amide bonds. The first-order chi connectivity index (χ1) is 13.0. The van der Waals surface area contributed by atoms with Crippen molar-refractivity contribution in [2.45, 2.75) is 39.1 Å². The zero-order valence-electron chi connectivity index (χ0n) is 15.6. The minimum atomic E-state index is -0.129. The normalized spacial score (nSPS) is 11.1. The van der Waals surface area contributed by atoms with Crippen molar-refractivity contribution in [3.05, 3.63) is 57.5 Å². The summed E-state index contributed by atoms with van der Waals surface area (Å²) in [6.07, 6.45) is 3.85. The first-order valence-corrected chi connectivity index (χ1v) is 9.61. The van der Waals surface area contributed by atoms with Gasteiger partial charge in [-0.2, -0.15) is 4.98 Å². The zero-order valence-corrected chi connectivity index (χ0v) is 16.4. The van der Waals surface area contributed by atoms with Crippen LogP contribution in [-0.2, 0) is 12.4 Å². The molecule has 3 N–H and O–H groups in total. The van der Waals surface area contributed by atoms with Crippen molar-refractivity contribution in [1.82, 2.24) is 14.5 Å². The monoisotopic (exact) mass is 385 g/mol. The minimum absolute atomic E-state index is 0.129. The quantitative estimate of drug-likeness (QED) is 0.478. The predicted molar refractivity (Wildman–Crippen MR) is 111 cm³/mol. The molecule has 6 nitrogen and oxygen atoms in total. The Bertz CT molecular complexity index is 998. The molecule has 0 atom stereocenters. The molecule has 0 bridgehead atoms. The molecular weight excluding hydrogens is 362 g/mol. The summed E-state index contributed by atoms with van der Waals surface area (Å²) in [5.41, 5.74) is 9.29. The number of nitrogens with zero attached hydrogens (tertiary/aromatic N) is 3. The lowest BCUT2D eigenvalue weighted by Gasteiger charge is -2.13. The van der Waals surface area contributed by atoms with E-state index >= 15 is 0 Å². The molecular formula is C20H24ClN5O. The molecule has 0 saturated heterocycles. The van der Waals surface area contributed by atoms with Crippen LogP contribution in [0.4, 0.5) is 11.8 Å². The lowest BCUT2D eigenvalue weighted by molar-refractivity contribution is 0.762. The summed E-state index contributed by atoms with van der Waals surface area (Å²) in [7, 11) is 0. The highest BCUT2D eigenvalue weighted by molar-refractivity contribution is 6.17.